The maximum atomic E-state index is 13.5. The molecule has 0 saturated carbocycles. The highest BCUT2D eigenvalue weighted by molar-refractivity contribution is 5.91. The summed E-state index contributed by atoms with van der Waals surface area (Å²) in [5, 5.41) is 9.81. The molecule has 3 aromatic rings. The molecule has 0 aromatic carbocycles. The second-order valence-electron chi connectivity index (χ2n) is 7.49. The summed E-state index contributed by atoms with van der Waals surface area (Å²) in [5.41, 5.74) is 1.82. The van der Waals surface area contributed by atoms with E-state index in [4.69, 9.17) is 0 Å². The van der Waals surface area contributed by atoms with Crippen molar-refractivity contribution in [1.82, 2.24) is 19.9 Å². The SMILES string of the molecule is CC(C)(C)[C@@H](CC(=O)O)Cc1ccnc(-c2c[nH]c3ncc(F)cc23)n1. The van der Waals surface area contributed by atoms with E-state index in [1.165, 1.54) is 6.07 Å². The number of H-pyrrole nitrogens is 1. The fourth-order valence-electron chi connectivity index (χ4n) is 2.95. The fraction of sp³-hybridized carbons (Fsp3) is 0.368. The van der Waals surface area contributed by atoms with Crippen LogP contribution in [0.4, 0.5) is 4.39 Å². The molecule has 0 aliphatic carbocycles. The number of carbonyl (C=O) groups is 1. The highest BCUT2D eigenvalue weighted by Crippen LogP contribution is 2.32. The van der Waals surface area contributed by atoms with E-state index < -0.39 is 11.8 Å². The van der Waals surface area contributed by atoms with E-state index in [0.717, 1.165) is 11.9 Å². The van der Waals surface area contributed by atoms with E-state index in [9.17, 15) is 14.3 Å². The molecular formula is C19H21FN4O2. The summed E-state index contributed by atoms with van der Waals surface area (Å²) in [5.74, 6) is -0.852. The van der Waals surface area contributed by atoms with Crippen LogP contribution in [-0.2, 0) is 11.2 Å². The Balaban J connectivity index is 1.94. The van der Waals surface area contributed by atoms with Gasteiger partial charge in [0, 0.05) is 35.5 Å². The van der Waals surface area contributed by atoms with Gasteiger partial charge in [0.05, 0.1) is 6.20 Å². The number of carboxylic acids is 1. The van der Waals surface area contributed by atoms with Crippen molar-refractivity contribution < 1.29 is 14.3 Å². The fourth-order valence-corrected chi connectivity index (χ4v) is 2.95. The average molecular weight is 356 g/mol. The topological polar surface area (TPSA) is 91.8 Å². The standard InChI is InChI=1S/C19H21FN4O2/c1-19(2,3)11(7-16(25)26)6-13-4-5-21-18(24-13)15-10-23-17-14(15)8-12(20)9-22-17/h4-5,8-11H,6-7H2,1-3H3,(H,22,23)(H,25,26)/t11-/m1/s1. The van der Waals surface area contributed by atoms with Crippen molar-refractivity contribution in [1.29, 1.82) is 0 Å². The average Bonchev–Trinajstić information content (AvgIpc) is 2.96. The Morgan fingerprint density at radius 1 is 1.35 bits per heavy atom. The number of carboxylic acid groups (broad SMARTS) is 1. The number of hydrogen-bond donors (Lipinski definition) is 2. The number of fused-ring (bicyclic) bond motifs is 1. The third-order valence-electron chi connectivity index (χ3n) is 4.55. The van der Waals surface area contributed by atoms with Crippen molar-refractivity contribution in [3.8, 4) is 11.4 Å². The molecule has 3 heterocycles. The Hall–Kier alpha value is -2.83. The number of aromatic nitrogens is 4. The molecule has 7 heteroatoms. The summed E-state index contributed by atoms with van der Waals surface area (Å²) in [6, 6.07) is 3.18. The molecule has 0 bridgehead atoms. The van der Waals surface area contributed by atoms with Crippen LogP contribution in [0.1, 0.15) is 32.9 Å². The van der Waals surface area contributed by atoms with Gasteiger partial charge in [-0.3, -0.25) is 4.79 Å². The van der Waals surface area contributed by atoms with E-state index in [2.05, 4.69) is 19.9 Å². The molecular weight excluding hydrogens is 335 g/mol. The molecule has 0 amide bonds. The Morgan fingerprint density at radius 3 is 2.81 bits per heavy atom. The van der Waals surface area contributed by atoms with E-state index >= 15 is 0 Å². The maximum Gasteiger partial charge on any atom is 0.303 e. The number of aliphatic carboxylic acids is 1. The first-order chi connectivity index (χ1) is 12.2. The zero-order valence-electron chi connectivity index (χ0n) is 15.0. The van der Waals surface area contributed by atoms with Gasteiger partial charge in [-0.1, -0.05) is 20.8 Å². The Kier molecular flexibility index (Phi) is 4.71. The quantitative estimate of drug-likeness (QED) is 0.725. The molecule has 0 fully saturated rings. The third kappa shape index (κ3) is 3.87. The van der Waals surface area contributed by atoms with Gasteiger partial charge < -0.3 is 10.1 Å². The first-order valence-electron chi connectivity index (χ1n) is 8.41. The molecule has 0 aliphatic rings. The second kappa shape index (κ2) is 6.82. The van der Waals surface area contributed by atoms with Crippen LogP contribution < -0.4 is 0 Å². The monoisotopic (exact) mass is 356 g/mol. The molecule has 2 N–H and O–H groups in total. The normalized spacial score (nSPS) is 13.1. The van der Waals surface area contributed by atoms with E-state index in [-0.39, 0.29) is 17.8 Å². The Bertz CT molecular complexity index is 946. The summed E-state index contributed by atoms with van der Waals surface area (Å²) in [7, 11) is 0. The lowest BCUT2D eigenvalue weighted by Gasteiger charge is -2.29. The largest absolute Gasteiger partial charge is 0.481 e. The van der Waals surface area contributed by atoms with Crippen molar-refractivity contribution in [3.05, 3.63) is 42.2 Å². The molecule has 0 aliphatic heterocycles. The molecule has 1 atom stereocenters. The predicted octanol–water partition coefficient (Wildman–Crippen LogP) is 3.84. The van der Waals surface area contributed by atoms with Gasteiger partial charge in [-0.25, -0.2) is 19.3 Å². The van der Waals surface area contributed by atoms with Gasteiger partial charge in [-0.15, -0.1) is 0 Å². The summed E-state index contributed by atoms with van der Waals surface area (Å²) >= 11 is 0. The molecule has 0 saturated heterocycles. The van der Waals surface area contributed by atoms with Crippen LogP contribution >= 0.6 is 0 Å². The predicted molar refractivity (Wildman–Crippen MR) is 96.0 cm³/mol. The summed E-state index contributed by atoms with van der Waals surface area (Å²) in [4.78, 5) is 27.1. The minimum Gasteiger partial charge on any atom is -0.481 e. The van der Waals surface area contributed by atoms with Gasteiger partial charge >= 0.3 is 5.97 Å². The summed E-state index contributed by atoms with van der Waals surface area (Å²) < 4.78 is 13.5. The zero-order chi connectivity index (χ0) is 18.9. The summed E-state index contributed by atoms with van der Waals surface area (Å²) in [6.07, 6.45) is 5.10. The second-order valence-corrected chi connectivity index (χ2v) is 7.49. The number of rotatable bonds is 5. The molecule has 0 radical (unpaired) electrons. The molecule has 3 aromatic heterocycles. The molecule has 6 nitrogen and oxygen atoms in total. The van der Waals surface area contributed by atoms with Gasteiger partial charge in [-0.05, 0) is 29.9 Å². The Labute approximate surface area is 150 Å². The first-order valence-corrected chi connectivity index (χ1v) is 8.41. The molecule has 3 rings (SSSR count). The number of pyridine rings is 1. The number of nitrogens with one attached hydrogen (secondary N) is 1. The first kappa shape index (κ1) is 18.0. The number of halogens is 1. The lowest BCUT2D eigenvalue weighted by molar-refractivity contribution is -0.139. The molecule has 136 valence electrons. The summed E-state index contributed by atoms with van der Waals surface area (Å²) in [6.45, 7) is 6.07. The minimum atomic E-state index is -0.822. The zero-order valence-corrected chi connectivity index (χ0v) is 15.0. The van der Waals surface area contributed by atoms with Crippen LogP contribution in [0.3, 0.4) is 0 Å². The van der Waals surface area contributed by atoms with Crippen LogP contribution in [0.15, 0.2) is 30.7 Å². The van der Waals surface area contributed by atoms with Crippen LogP contribution in [0.2, 0.25) is 0 Å². The van der Waals surface area contributed by atoms with Crippen LogP contribution in [0.5, 0.6) is 0 Å². The van der Waals surface area contributed by atoms with Crippen molar-refractivity contribution in [3.63, 3.8) is 0 Å². The maximum absolute atomic E-state index is 13.5. The van der Waals surface area contributed by atoms with Crippen molar-refractivity contribution in [2.45, 2.75) is 33.6 Å². The number of aromatic amines is 1. The lowest BCUT2D eigenvalue weighted by atomic mass is 9.76. The van der Waals surface area contributed by atoms with Crippen molar-refractivity contribution in [2.75, 3.05) is 0 Å². The van der Waals surface area contributed by atoms with E-state index in [1.54, 1.807) is 18.5 Å². The number of nitrogens with zero attached hydrogens (tertiary/aromatic N) is 3. The minimum absolute atomic E-state index is 0.0650. The smallest absolute Gasteiger partial charge is 0.303 e. The van der Waals surface area contributed by atoms with Gasteiger partial charge in [0.25, 0.3) is 0 Å². The third-order valence-corrected chi connectivity index (χ3v) is 4.55. The molecule has 0 unspecified atom stereocenters. The van der Waals surface area contributed by atoms with Crippen molar-refractivity contribution in [2.24, 2.45) is 11.3 Å². The lowest BCUT2D eigenvalue weighted by Crippen LogP contribution is -2.25. The Morgan fingerprint density at radius 2 is 2.12 bits per heavy atom. The van der Waals surface area contributed by atoms with E-state index in [0.29, 0.717) is 28.8 Å². The van der Waals surface area contributed by atoms with Gasteiger partial charge in [0.2, 0.25) is 0 Å². The molecule has 26 heavy (non-hydrogen) atoms. The van der Waals surface area contributed by atoms with Crippen LogP contribution in [0.25, 0.3) is 22.4 Å². The molecule has 0 spiro atoms. The van der Waals surface area contributed by atoms with E-state index in [1.807, 2.05) is 20.8 Å². The number of hydrogen-bond acceptors (Lipinski definition) is 4. The van der Waals surface area contributed by atoms with Crippen molar-refractivity contribution >= 4 is 17.0 Å². The highest BCUT2D eigenvalue weighted by Gasteiger charge is 2.27. The highest BCUT2D eigenvalue weighted by atomic mass is 19.1. The van der Waals surface area contributed by atoms with Crippen LogP contribution in [0, 0.1) is 17.2 Å². The van der Waals surface area contributed by atoms with Gasteiger partial charge in [0.15, 0.2) is 5.82 Å². The van der Waals surface area contributed by atoms with Gasteiger partial charge in [0.1, 0.15) is 11.5 Å². The van der Waals surface area contributed by atoms with Crippen LogP contribution in [-0.4, -0.2) is 31.0 Å². The van der Waals surface area contributed by atoms with Gasteiger partial charge in [-0.2, -0.15) is 0 Å².